The van der Waals surface area contributed by atoms with E-state index in [0.717, 1.165) is 16.9 Å². The van der Waals surface area contributed by atoms with Crippen LogP contribution in [0.5, 0.6) is 17.2 Å². The lowest BCUT2D eigenvalue weighted by Gasteiger charge is -2.09. The zero-order valence-corrected chi connectivity index (χ0v) is 13.4. The highest BCUT2D eigenvalue weighted by Gasteiger charge is 2.12. The molecule has 1 heterocycles. The molecule has 0 bridgehead atoms. The first-order valence-corrected chi connectivity index (χ1v) is 7.71. The minimum atomic E-state index is -0.418. The van der Waals surface area contributed by atoms with Crippen molar-refractivity contribution in [2.24, 2.45) is 0 Å². The van der Waals surface area contributed by atoms with Crippen molar-refractivity contribution in [3.05, 3.63) is 59.7 Å². The molecular formula is C19H18O5. The lowest BCUT2D eigenvalue weighted by Crippen LogP contribution is -2.03. The fourth-order valence-electron chi connectivity index (χ4n) is 2.30. The molecule has 5 heteroatoms. The highest BCUT2D eigenvalue weighted by molar-refractivity contribution is 5.87. The second kappa shape index (κ2) is 7.55. The monoisotopic (exact) mass is 326 g/mol. The van der Waals surface area contributed by atoms with Gasteiger partial charge in [-0.15, -0.1) is 0 Å². The summed E-state index contributed by atoms with van der Waals surface area (Å²) in [6, 6.07) is 13.0. The molecule has 0 aliphatic carbocycles. The van der Waals surface area contributed by atoms with Crippen molar-refractivity contribution in [2.75, 3.05) is 13.4 Å². The Kier molecular flexibility index (Phi) is 5.01. The lowest BCUT2D eigenvalue weighted by molar-refractivity contribution is -0.138. The third-order valence-corrected chi connectivity index (χ3v) is 3.45. The predicted octanol–water partition coefficient (Wildman–Crippen LogP) is 3.57. The van der Waals surface area contributed by atoms with E-state index in [4.69, 9.17) is 18.9 Å². The molecule has 0 atom stereocenters. The molecule has 0 unspecified atom stereocenters. The van der Waals surface area contributed by atoms with Gasteiger partial charge in [0.1, 0.15) is 12.4 Å². The van der Waals surface area contributed by atoms with Crippen molar-refractivity contribution < 1.29 is 23.7 Å². The van der Waals surface area contributed by atoms with E-state index in [9.17, 15) is 4.79 Å². The second-order valence-electron chi connectivity index (χ2n) is 5.09. The highest BCUT2D eigenvalue weighted by atomic mass is 16.7. The summed E-state index contributed by atoms with van der Waals surface area (Å²) < 4.78 is 21.3. The van der Waals surface area contributed by atoms with E-state index in [0.29, 0.717) is 18.1 Å². The molecule has 0 fully saturated rings. The first-order chi connectivity index (χ1) is 11.8. The van der Waals surface area contributed by atoms with Crippen LogP contribution in [0.3, 0.4) is 0 Å². The van der Waals surface area contributed by atoms with E-state index in [1.165, 1.54) is 6.08 Å². The smallest absolute Gasteiger partial charge is 0.331 e. The molecule has 5 nitrogen and oxygen atoms in total. The molecule has 0 amide bonds. The first kappa shape index (κ1) is 15.9. The quantitative estimate of drug-likeness (QED) is 0.600. The molecule has 2 aromatic rings. The van der Waals surface area contributed by atoms with Crippen LogP contribution in [-0.4, -0.2) is 19.4 Å². The Labute approximate surface area is 140 Å². The summed E-state index contributed by atoms with van der Waals surface area (Å²) in [5.74, 6) is 1.70. The highest BCUT2D eigenvalue weighted by Crippen LogP contribution is 2.32. The minimum absolute atomic E-state index is 0.167. The average Bonchev–Trinajstić information content (AvgIpc) is 3.07. The molecule has 0 saturated heterocycles. The van der Waals surface area contributed by atoms with Crippen molar-refractivity contribution in [1.29, 1.82) is 0 Å². The van der Waals surface area contributed by atoms with Gasteiger partial charge in [-0.1, -0.05) is 24.3 Å². The van der Waals surface area contributed by atoms with Gasteiger partial charge in [-0.3, -0.25) is 0 Å². The number of carbonyl (C=O) groups excluding carboxylic acids is 1. The molecule has 24 heavy (non-hydrogen) atoms. The first-order valence-electron chi connectivity index (χ1n) is 7.71. The van der Waals surface area contributed by atoms with Crippen molar-refractivity contribution in [2.45, 2.75) is 13.5 Å². The minimum Gasteiger partial charge on any atom is -0.493 e. The van der Waals surface area contributed by atoms with Gasteiger partial charge in [0.2, 0.25) is 6.79 Å². The van der Waals surface area contributed by atoms with Crippen LogP contribution in [0.1, 0.15) is 18.1 Å². The van der Waals surface area contributed by atoms with Gasteiger partial charge in [0.15, 0.2) is 11.5 Å². The molecule has 0 spiro atoms. The van der Waals surface area contributed by atoms with Crippen LogP contribution in [-0.2, 0) is 16.1 Å². The summed E-state index contributed by atoms with van der Waals surface area (Å²) >= 11 is 0. The second-order valence-corrected chi connectivity index (χ2v) is 5.09. The van der Waals surface area contributed by atoms with E-state index in [1.54, 1.807) is 6.08 Å². The van der Waals surface area contributed by atoms with E-state index >= 15 is 0 Å². The maximum atomic E-state index is 11.9. The molecule has 1 aliphatic rings. The molecule has 0 radical (unpaired) electrons. The van der Waals surface area contributed by atoms with Crippen molar-refractivity contribution in [1.82, 2.24) is 0 Å². The van der Waals surface area contributed by atoms with Crippen LogP contribution in [0.2, 0.25) is 0 Å². The summed E-state index contributed by atoms with van der Waals surface area (Å²) in [5, 5.41) is 0. The van der Waals surface area contributed by atoms with Crippen LogP contribution in [0.4, 0.5) is 0 Å². The average molecular weight is 326 g/mol. The largest absolute Gasteiger partial charge is 0.493 e. The Balaban J connectivity index is 1.58. The molecule has 3 rings (SSSR count). The van der Waals surface area contributed by atoms with Gasteiger partial charge in [0.05, 0.1) is 6.61 Å². The van der Waals surface area contributed by atoms with Gasteiger partial charge in [-0.05, 0) is 36.8 Å². The number of para-hydroxylation sites is 1. The number of fused-ring (bicyclic) bond motifs is 1. The summed E-state index contributed by atoms with van der Waals surface area (Å²) in [6.07, 6.45) is 3.07. The summed E-state index contributed by atoms with van der Waals surface area (Å²) in [4.78, 5) is 11.9. The van der Waals surface area contributed by atoms with Gasteiger partial charge in [0, 0.05) is 11.6 Å². The van der Waals surface area contributed by atoms with Crippen molar-refractivity contribution in [3.63, 3.8) is 0 Å². The van der Waals surface area contributed by atoms with Gasteiger partial charge in [-0.2, -0.15) is 0 Å². The summed E-state index contributed by atoms with van der Waals surface area (Å²) in [6.45, 7) is 2.87. The molecular weight excluding hydrogens is 308 g/mol. The SMILES string of the molecule is CCOc1ccccc1COC(=O)/C=C/c1ccc2c(c1)OCO2. The van der Waals surface area contributed by atoms with E-state index in [1.807, 2.05) is 49.4 Å². The Morgan fingerprint density at radius 3 is 2.88 bits per heavy atom. The van der Waals surface area contributed by atoms with Crippen LogP contribution in [0, 0.1) is 0 Å². The van der Waals surface area contributed by atoms with Crippen molar-refractivity contribution in [3.8, 4) is 17.2 Å². The Morgan fingerprint density at radius 2 is 2.00 bits per heavy atom. The zero-order valence-electron chi connectivity index (χ0n) is 13.4. The molecule has 2 aromatic carbocycles. The van der Waals surface area contributed by atoms with E-state index < -0.39 is 5.97 Å². The fourth-order valence-corrected chi connectivity index (χ4v) is 2.30. The van der Waals surface area contributed by atoms with Gasteiger partial charge < -0.3 is 18.9 Å². The number of carbonyl (C=O) groups is 1. The van der Waals surface area contributed by atoms with E-state index in [2.05, 4.69) is 0 Å². The predicted molar refractivity (Wildman–Crippen MR) is 89.0 cm³/mol. The lowest BCUT2D eigenvalue weighted by atomic mass is 10.2. The third kappa shape index (κ3) is 3.87. The topological polar surface area (TPSA) is 54.0 Å². The number of hydrogen-bond donors (Lipinski definition) is 0. The number of benzene rings is 2. The van der Waals surface area contributed by atoms with Crippen LogP contribution in [0.25, 0.3) is 6.08 Å². The number of esters is 1. The molecule has 0 aromatic heterocycles. The number of ether oxygens (including phenoxy) is 4. The maximum absolute atomic E-state index is 11.9. The van der Waals surface area contributed by atoms with Crippen LogP contribution >= 0.6 is 0 Å². The van der Waals surface area contributed by atoms with E-state index in [-0.39, 0.29) is 13.4 Å². The Hall–Kier alpha value is -2.95. The molecule has 124 valence electrons. The molecule has 0 saturated carbocycles. The van der Waals surface area contributed by atoms with Crippen LogP contribution < -0.4 is 14.2 Å². The number of rotatable bonds is 6. The summed E-state index contributed by atoms with van der Waals surface area (Å²) in [5.41, 5.74) is 1.68. The Morgan fingerprint density at radius 1 is 1.17 bits per heavy atom. The molecule has 1 aliphatic heterocycles. The maximum Gasteiger partial charge on any atom is 0.331 e. The Bertz CT molecular complexity index is 751. The summed E-state index contributed by atoms with van der Waals surface area (Å²) in [7, 11) is 0. The number of hydrogen-bond acceptors (Lipinski definition) is 5. The molecule has 0 N–H and O–H groups in total. The fraction of sp³-hybridized carbons (Fsp3) is 0.211. The van der Waals surface area contributed by atoms with Crippen molar-refractivity contribution >= 4 is 12.0 Å². The van der Waals surface area contributed by atoms with Gasteiger partial charge in [-0.25, -0.2) is 4.79 Å². The third-order valence-electron chi connectivity index (χ3n) is 3.45. The zero-order chi connectivity index (χ0) is 16.8. The van der Waals surface area contributed by atoms with Gasteiger partial charge >= 0.3 is 5.97 Å². The normalized spacial score (nSPS) is 12.4. The standard InChI is InChI=1S/C19H18O5/c1-2-21-16-6-4-3-5-15(16)12-22-19(20)10-8-14-7-9-17-18(11-14)24-13-23-17/h3-11H,2,12-13H2,1H3/b10-8+. The van der Waals surface area contributed by atoms with Crippen LogP contribution in [0.15, 0.2) is 48.5 Å². The van der Waals surface area contributed by atoms with Gasteiger partial charge in [0.25, 0.3) is 0 Å².